The lowest BCUT2D eigenvalue weighted by Crippen LogP contribution is -2.40. The number of benzene rings is 2. The first kappa shape index (κ1) is 25.3. The highest BCUT2D eigenvalue weighted by Gasteiger charge is 2.32. The maximum Gasteiger partial charge on any atom is 0.416 e. The first-order valence-corrected chi connectivity index (χ1v) is 11.1. The van der Waals surface area contributed by atoms with Crippen LogP contribution in [0.2, 0.25) is 0 Å². The predicted octanol–water partition coefficient (Wildman–Crippen LogP) is 4.06. The Labute approximate surface area is 196 Å². The minimum atomic E-state index is -4.53. The van der Waals surface area contributed by atoms with Gasteiger partial charge in [-0.2, -0.15) is 13.2 Å². The standard InChI is InChI=1S/C25H28F3N3O3/c1-16-8-10-18(11-9-16)21(29-17(2)32)14-23(33)30-22(15-31-12-4-7-24(31)34)19-5-3-6-20(13-19)25(26,27)28/h3,5-6,8-11,13,21-22H,4,7,12,14-15H2,1-2H3,(H,29,32)(H,30,33). The Morgan fingerprint density at radius 1 is 1.03 bits per heavy atom. The first-order valence-electron chi connectivity index (χ1n) is 11.1. The molecule has 2 aromatic carbocycles. The summed E-state index contributed by atoms with van der Waals surface area (Å²) in [5.74, 6) is -0.856. The van der Waals surface area contributed by atoms with Gasteiger partial charge in [0, 0.05) is 26.4 Å². The average molecular weight is 476 g/mol. The third-order valence-electron chi connectivity index (χ3n) is 5.77. The summed E-state index contributed by atoms with van der Waals surface area (Å²) < 4.78 is 39.8. The second-order valence-corrected chi connectivity index (χ2v) is 8.55. The summed E-state index contributed by atoms with van der Waals surface area (Å²) in [4.78, 5) is 38.4. The molecule has 2 unspecified atom stereocenters. The molecule has 3 amide bonds. The third kappa shape index (κ3) is 6.82. The monoisotopic (exact) mass is 475 g/mol. The van der Waals surface area contributed by atoms with Crippen molar-refractivity contribution in [3.05, 3.63) is 70.8 Å². The summed E-state index contributed by atoms with van der Waals surface area (Å²) in [6, 6.07) is 10.7. The molecule has 6 nitrogen and oxygen atoms in total. The van der Waals surface area contributed by atoms with E-state index in [1.54, 1.807) is 4.90 Å². The zero-order chi connectivity index (χ0) is 24.9. The van der Waals surface area contributed by atoms with Crippen LogP contribution in [0.4, 0.5) is 13.2 Å². The molecule has 9 heteroatoms. The number of amides is 3. The number of hydrogen-bond acceptors (Lipinski definition) is 3. The topological polar surface area (TPSA) is 78.5 Å². The van der Waals surface area contributed by atoms with E-state index < -0.39 is 29.7 Å². The van der Waals surface area contributed by atoms with Crippen molar-refractivity contribution >= 4 is 17.7 Å². The number of alkyl halides is 3. The highest BCUT2D eigenvalue weighted by molar-refractivity contribution is 5.80. The van der Waals surface area contributed by atoms with Gasteiger partial charge in [0.15, 0.2) is 0 Å². The van der Waals surface area contributed by atoms with E-state index in [2.05, 4.69) is 10.6 Å². The van der Waals surface area contributed by atoms with Gasteiger partial charge in [-0.1, -0.05) is 42.0 Å². The highest BCUT2D eigenvalue weighted by Crippen LogP contribution is 2.31. The molecule has 1 aliphatic heterocycles. The molecule has 2 N–H and O–H groups in total. The molecule has 1 saturated heterocycles. The Bertz CT molecular complexity index is 1040. The molecule has 0 spiro atoms. The molecule has 0 radical (unpaired) electrons. The summed E-state index contributed by atoms with van der Waals surface area (Å²) >= 11 is 0. The van der Waals surface area contributed by atoms with E-state index in [1.807, 2.05) is 31.2 Å². The summed E-state index contributed by atoms with van der Waals surface area (Å²) in [7, 11) is 0. The van der Waals surface area contributed by atoms with Gasteiger partial charge in [-0.05, 0) is 36.6 Å². The molecule has 1 aliphatic rings. The number of nitrogens with zero attached hydrogens (tertiary/aromatic N) is 1. The van der Waals surface area contributed by atoms with Crippen LogP contribution >= 0.6 is 0 Å². The molecule has 0 saturated carbocycles. The van der Waals surface area contributed by atoms with E-state index in [0.717, 1.165) is 23.3 Å². The number of halogens is 3. The number of likely N-dealkylation sites (tertiary alicyclic amines) is 1. The lowest BCUT2D eigenvalue weighted by molar-refractivity contribution is -0.137. The van der Waals surface area contributed by atoms with Crippen molar-refractivity contribution in [2.45, 2.75) is 51.4 Å². The van der Waals surface area contributed by atoms with Crippen LogP contribution in [0.15, 0.2) is 48.5 Å². The van der Waals surface area contributed by atoms with Crippen LogP contribution in [-0.4, -0.2) is 35.7 Å². The Hall–Kier alpha value is -3.36. The SMILES string of the molecule is CC(=O)NC(CC(=O)NC(CN1CCCC1=O)c1cccc(C(F)(F)F)c1)c1ccc(C)cc1. The van der Waals surface area contributed by atoms with Crippen molar-refractivity contribution in [1.29, 1.82) is 0 Å². The van der Waals surface area contributed by atoms with Gasteiger partial charge in [0.25, 0.3) is 0 Å². The number of carbonyl (C=O) groups is 3. The molecule has 182 valence electrons. The van der Waals surface area contributed by atoms with Gasteiger partial charge >= 0.3 is 6.18 Å². The summed E-state index contributed by atoms with van der Waals surface area (Å²) in [5, 5.41) is 5.55. The minimum Gasteiger partial charge on any atom is -0.349 e. The Morgan fingerprint density at radius 3 is 2.32 bits per heavy atom. The van der Waals surface area contributed by atoms with E-state index in [4.69, 9.17) is 0 Å². The van der Waals surface area contributed by atoms with Gasteiger partial charge in [0.2, 0.25) is 17.7 Å². The van der Waals surface area contributed by atoms with E-state index in [-0.39, 0.29) is 30.3 Å². The number of carbonyl (C=O) groups excluding carboxylic acids is 3. The van der Waals surface area contributed by atoms with Crippen molar-refractivity contribution in [2.24, 2.45) is 0 Å². The van der Waals surface area contributed by atoms with Crippen LogP contribution in [-0.2, 0) is 20.6 Å². The molecule has 1 heterocycles. The third-order valence-corrected chi connectivity index (χ3v) is 5.77. The zero-order valence-electron chi connectivity index (χ0n) is 19.1. The van der Waals surface area contributed by atoms with E-state index in [0.29, 0.717) is 19.4 Å². The van der Waals surface area contributed by atoms with Crippen molar-refractivity contribution < 1.29 is 27.6 Å². The molecule has 1 fully saturated rings. The van der Waals surface area contributed by atoms with Gasteiger partial charge in [0.05, 0.1) is 24.1 Å². The van der Waals surface area contributed by atoms with Crippen LogP contribution < -0.4 is 10.6 Å². The van der Waals surface area contributed by atoms with Crippen LogP contribution in [0.3, 0.4) is 0 Å². The van der Waals surface area contributed by atoms with Gasteiger partial charge in [-0.3, -0.25) is 14.4 Å². The molecule has 3 rings (SSSR count). The zero-order valence-corrected chi connectivity index (χ0v) is 19.1. The molecule has 2 aromatic rings. The number of rotatable bonds is 8. The fraction of sp³-hybridized carbons (Fsp3) is 0.400. The summed E-state index contributed by atoms with van der Waals surface area (Å²) in [6.45, 7) is 3.83. The summed E-state index contributed by atoms with van der Waals surface area (Å²) in [6.07, 6.45) is -3.59. The molecule has 0 bridgehead atoms. The molecule has 34 heavy (non-hydrogen) atoms. The second-order valence-electron chi connectivity index (χ2n) is 8.55. The number of hydrogen-bond donors (Lipinski definition) is 2. The fourth-order valence-corrected chi connectivity index (χ4v) is 4.02. The van der Waals surface area contributed by atoms with Gasteiger partial charge in [-0.15, -0.1) is 0 Å². The normalized spacial score (nSPS) is 15.7. The van der Waals surface area contributed by atoms with E-state index in [1.165, 1.54) is 19.1 Å². The van der Waals surface area contributed by atoms with Crippen LogP contribution in [0.5, 0.6) is 0 Å². The van der Waals surface area contributed by atoms with Crippen molar-refractivity contribution in [1.82, 2.24) is 15.5 Å². The first-order chi connectivity index (χ1) is 16.0. The average Bonchev–Trinajstić information content (AvgIpc) is 3.17. The van der Waals surface area contributed by atoms with Gasteiger partial charge in [0.1, 0.15) is 0 Å². The number of aryl methyl sites for hydroxylation is 1. The minimum absolute atomic E-state index is 0.0707. The lowest BCUT2D eigenvalue weighted by atomic mass is 10.00. The largest absolute Gasteiger partial charge is 0.416 e. The molecule has 2 atom stereocenters. The highest BCUT2D eigenvalue weighted by atomic mass is 19.4. The quantitative estimate of drug-likeness (QED) is 0.605. The van der Waals surface area contributed by atoms with E-state index in [9.17, 15) is 27.6 Å². The van der Waals surface area contributed by atoms with Crippen molar-refractivity contribution in [3.63, 3.8) is 0 Å². The molecular formula is C25H28F3N3O3. The molecule has 0 aliphatic carbocycles. The molecule has 0 aromatic heterocycles. The molecular weight excluding hydrogens is 447 g/mol. The fourth-order valence-electron chi connectivity index (χ4n) is 4.02. The smallest absolute Gasteiger partial charge is 0.349 e. The number of nitrogens with one attached hydrogen (secondary N) is 2. The van der Waals surface area contributed by atoms with Crippen molar-refractivity contribution in [3.8, 4) is 0 Å². The Balaban J connectivity index is 1.82. The van der Waals surface area contributed by atoms with E-state index >= 15 is 0 Å². The van der Waals surface area contributed by atoms with Gasteiger partial charge < -0.3 is 15.5 Å². The van der Waals surface area contributed by atoms with Crippen LogP contribution in [0.1, 0.15) is 60.5 Å². The van der Waals surface area contributed by atoms with Crippen LogP contribution in [0.25, 0.3) is 0 Å². The maximum absolute atomic E-state index is 13.3. The van der Waals surface area contributed by atoms with Gasteiger partial charge in [-0.25, -0.2) is 0 Å². The lowest BCUT2D eigenvalue weighted by Gasteiger charge is -2.27. The Kier molecular flexibility index (Phi) is 7.96. The predicted molar refractivity (Wildman–Crippen MR) is 120 cm³/mol. The Morgan fingerprint density at radius 2 is 1.74 bits per heavy atom. The second kappa shape index (κ2) is 10.7. The van der Waals surface area contributed by atoms with Crippen LogP contribution in [0, 0.1) is 6.92 Å². The van der Waals surface area contributed by atoms with Crippen molar-refractivity contribution in [2.75, 3.05) is 13.1 Å². The summed E-state index contributed by atoms with van der Waals surface area (Å²) in [5.41, 5.74) is 1.19. The maximum atomic E-state index is 13.3.